The van der Waals surface area contributed by atoms with Gasteiger partial charge in [0.1, 0.15) is 11.3 Å². The Labute approximate surface area is 288 Å². The van der Waals surface area contributed by atoms with Gasteiger partial charge in [-0.3, -0.25) is 18.2 Å². The molecule has 0 fully saturated rings. The molecule has 2 heterocycles. The zero-order chi connectivity index (χ0) is 35.9. The van der Waals surface area contributed by atoms with Gasteiger partial charge in [0.2, 0.25) is 20.0 Å². The van der Waals surface area contributed by atoms with Crippen LogP contribution in [0.5, 0.6) is 0 Å². The van der Waals surface area contributed by atoms with Crippen LogP contribution in [0.2, 0.25) is 0 Å². The van der Waals surface area contributed by atoms with Crippen LogP contribution in [0.15, 0.2) is 59.0 Å². The number of nitrogens with one attached hydrogen (secondary N) is 2. The summed E-state index contributed by atoms with van der Waals surface area (Å²) < 4.78 is 62.3. The average molecular weight is 709 g/mol. The van der Waals surface area contributed by atoms with E-state index in [1.54, 1.807) is 30.3 Å². The molecule has 49 heavy (non-hydrogen) atoms. The summed E-state index contributed by atoms with van der Waals surface area (Å²) in [6, 6.07) is 15.7. The fraction of sp³-hybridized carbons (Fsp3) is 0.389. The number of rotatable bonds is 5. The molecule has 2 bridgehead atoms. The Morgan fingerprint density at radius 2 is 1.39 bits per heavy atom. The lowest BCUT2D eigenvalue weighted by atomic mass is 9.96. The number of amides is 2. The van der Waals surface area contributed by atoms with Crippen LogP contribution in [0.1, 0.15) is 72.7 Å². The molecule has 0 atom stereocenters. The first-order valence-corrected chi connectivity index (χ1v) is 19.9. The second kappa shape index (κ2) is 13.5. The zero-order valence-electron chi connectivity index (χ0n) is 29.0. The smallest absolute Gasteiger partial charge is 0.255 e. The number of hydrogen-bond donors (Lipinski definition) is 2. The van der Waals surface area contributed by atoms with Crippen LogP contribution in [0.4, 0.5) is 11.4 Å². The van der Waals surface area contributed by atoms with Gasteiger partial charge >= 0.3 is 0 Å². The summed E-state index contributed by atoms with van der Waals surface area (Å²) in [6.07, 6.45) is 4.66. The topological polar surface area (TPSA) is 146 Å². The Kier molecular flexibility index (Phi) is 9.91. The first kappa shape index (κ1) is 35.9. The van der Waals surface area contributed by atoms with E-state index in [0.29, 0.717) is 59.1 Å². The number of benzene rings is 3. The maximum absolute atomic E-state index is 13.7. The van der Waals surface area contributed by atoms with Crippen molar-refractivity contribution in [3.8, 4) is 22.5 Å². The van der Waals surface area contributed by atoms with Crippen LogP contribution in [-0.2, 0) is 20.0 Å². The van der Waals surface area contributed by atoms with Crippen LogP contribution < -0.4 is 19.2 Å². The van der Waals surface area contributed by atoms with Gasteiger partial charge in [-0.05, 0) is 70.4 Å². The summed E-state index contributed by atoms with van der Waals surface area (Å²) in [5.74, 6) is -0.506. The van der Waals surface area contributed by atoms with Gasteiger partial charge in [0, 0.05) is 53.8 Å². The van der Waals surface area contributed by atoms with E-state index in [1.165, 1.54) is 15.7 Å². The SMILES string of the molecule is CNC(=O)c1c(-c2ccc(C)cc2)oc2cc3c(cc12)-c1cc(C(=O)NC(C)(C)C)cc(c1)N(S(C)(=O)=O)CCCCCCN3S(C)(=O)=O. The summed E-state index contributed by atoms with van der Waals surface area (Å²) in [6.45, 7) is 7.83. The first-order valence-electron chi connectivity index (χ1n) is 16.2. The van der Waals surface area contributed by atoms with Gasteiger partial charge in [-0.15, -0.1) is 0 Å². The molecule has 1 aliphatic heterocycles. The molecule has 0 spiro atoms. The molecule has 11 nitrogen and oxygen atoms in total. The third kappa shape index (κ3) is 7.94. The second-order valence-corrected chi connectivity index (χ2v) is 17.5. The van der Waals surface area contributed by atoms with E-state index in [4.69, 9.17) is 4.42 Å². The fourth-order valence-electron chi connectivity index (χ4n) is 6.10. The monoisotopic (exact) mass is 708 g/mol. The third-order valence-electron chi connectivity index (χ3n) is 8.38. The summed E-state index contributed by atoms with van der Waals surface area (Å²) >= 11 is 0. The van der Waals surface area contributed by atoms with E-state index in [0.717, 1.165) is 18.1 Å². The van der Waals surface area contributed by atoms with Gasteiger partial charge < -0.3 is 15.1 Å². The van der Waals surface area contributed by atoms with Crippen LogP contribution in [0, 0.1) is 6.92 Å². The number of nitrogens with zero attached hydrogens (tertiary/aromatic N) is 2. The van der Waals surface area contributed by atoms with E-state index in [1.807, 2.05) is 52.0 Å². The van der Waals surface area contributed by atoms with Gasteiger partial charge in [0.25, 0.3) is 11.8 Å². The van der Waals surface area contributed by atoms with Gasteiger partial charge in [-0.1, -0.05) is 42.7 Å². The number of aryl methyl sites for hydroxylation is 1. The summed E-state index contributed by atoms with van der Waals surface area (Å²) in [4.78, 5) is 27.1. The molecule has 0 saturated heterocycles. The van der Waals surface area contributed by atoms with Crippen molar-refractivity contribution in [2.24, 2.45) is 0 Å². The van der Waals surface area contributed by atoms with Crippen molar-refractivity contribution in [3.05, 3.63) is 71.3 Å². The van der Waals surface area contributed by atoms with Gasteiger partial charge in [-0.2, -0.15) is 0 Å². The average Bonchev–Trinajstić information content (AvgIpc) is 3.37. The van der Waals surface area contributed by atoms with Gasteiger partial charge in [-0.25, -0.2) is 16.8 Å². The zero-order valence-corrected chi connectivity index (χ0v) is 30.6. The van der Waals surface area contributed by atoms with E-state index in [9.17, 15) is 26.4 Å². The van der Waals surface area contributed by atoms with Crippen molar-refractivity contribution >= 4 is 54.2 Å². The highest BCUT2D eigenvalue weighted by Crippen LogP contribution is 2.43. The van der Waals surface area contributed by atoms with E-state index < -0.39 is 37.4 Å². The summed E-state index contributed by atoms with van der Waals surface area (Å²) in [5, 5.41) is 6.08. The molecule has 1 aliphatic rings. The Morgan fingerprint density at radius 1 is 0.776 bits per heavy atom. The first-order chi connectivity index (χ1) is 22.9. The number of fused-ring (bicyclic) bond motifs is 5. The van der Waals surface area contributed by atoms with E-state index in [2.05, 4.69) is 10.6 Å². The molecule has 0 saturated carbocycles. The molecule has 0 radical (unpaired) electrons. The van der Waals surface area contributed by atoms with Crippen molar-refractivity contribution in [1.82, 2.24) is 10.6 Å². The number of sulfonamides is 2. The molecule has 2 amide bonds. The lowest BCUT2D eigenvalue weighted by molar-refractivity contribution is 0.0918. The highest BCUT2D eigenvalue weighted by atomic mass is 32.2. The molecule has 2 N–H and O–H groups in total. The van der Waals surface area contributed by atoms with Crippen LogP contribution in [0.25, 0.3) is 33.4 Å². The van der Waals surface area contributed by atoms with E-state index >= 15 is 0 Å². The summed E-state index contributed by atoms with van der Waals surface area (Å²) in [7, 11) is -6.09. The quantitative estimate of drug-likeness (QED) is 0.256. The Bertz CT molecular complexity index is 2130. The van der Waals surface area contributed by atoms with Crippen molar-refractivity contribution < 1.29 is 30.8 Å². The van der Waals surface area contributed by atoms with Crippen molar-refractivity contribution in [2.45, 2.75) is 58.9 Å². The lowest BCUT2D eigenvalue weighted by Crippen LogP contribution is -2.40. The predicted molar refractivity (Wildman–Crippen MR) is 195 cm³/mol. The summed E-state index contributed by atoms with van der Waals surface area (Å²) in [5.41, 5.74) is 3.20. The molecule has 4 aromatic rings. The maximum Gasteiger partial charge on any atom is 0.255 e. The maximum atomic E-state index is 13.7. The fourth-order valence-corrected chi connectivity index (χ4v) is 8.02. The molecular formula is C36H44N4O7S2. The lowest BCUT2D eigenvalue weighted by Gasteiger charge is -2.27. The minimum atomic E-state index is -3.84. The number of carbonyl (C=O) groups excluding carboxylic acids is 2. The van der Waals surface area contributed by atoms with Gasteiger partial charge in [0.15, 0.2) is 0 Å². The molecule has 3 aromatic carbocycles. The van der Waals surface area contributed by atoms with Crippen LogP contribution in [0.3, 0.4) is 0 Å². The minimum Gasteiger partial charge on any atom is -0.455 e. The number of carbonyl (C=O) groups is 2. The number of furan rings is 1. The van der Waals surface area contributed by atoms with Crippen molar-refractivity contribution in [3.63, 3.8) is 0 Å². The standard InChI is InChI=1S/C36H44N4O7S2/c1-23-12-14-24(15-13-23)33-32(35(42)37-5)29-21-28-25-18-26(34(41)38-36(2,3)4)20-27(19-25)39(48(6,43)44)16-10-8-9-11-17-40(49(7,45)46)30(28)22-31(29)47-33/h12-15,18-22H,8-11,16-17H2,1-7H3,(H,37,42)(H,38,41). The minimum absolute atomic E-state index is 0.165. The van der Waals surface area contributed by atoms with Crippen molar-refractivity contribution in [2.75, 3.05) is 41.3 Å². The Hall–Kier alpha value is -4.36. The normalized spacial score (nSPS) is 14.8. The largest absolute Gasteiger partial charge is 0.455 e. The second-order valence-electron chi connectivity index (χ2n) is 13.7. The van der Waals surface area contributed by atoms with E-state index in [-0.39, 0.29) is 35.6 Å². The Balaban J connectivity index is 1.91. The Morgan fingerprint density at radius 3 is 1.96 bits per heavy atom. The molecule has 0 aliphatic carbocycles. The number of anilines is 2. The molecule has 0 unspecified atom stereocenters. The molecule has 262 valence electrons. The van der Waals surface area contributed by atoms with Crippen LogP contribution in [-0.4, -0.2) is 66.8 Å². The van der Waals surface area contributed by atoms with Gasteiger partial charge in [0.05, 0.1) is 29.4 Å². The molecule has 5 rings (SSSR count). The predicted octanol–water partition coefficient (Wildman–Crippen LogP) is 6.07. The molecule has 1 aromatic heterocycles. The molecule has 13 heteroatoms. The highest BCUT2D eigenvalue weighted by molar-refractivity contribution is 7.92. The number of hydrogen-bond acceptors (Lipinski definition) is 7. The van der Waals surface area contributed by atoms with Crippen LogP contribution >= 0.6 is 0 Å². The third-order valence-corrected chi connectivity index (χ3v) is 10.8. The molecular weight excluding hydrogens is 665 g/mol. The highest BCUT2D eigenvalue weighted by Gasteiger charge is 2.29. The van der Waals surface area contributed by atoms with Crippen molar-refractivity contribution in [1.29, 1.82) is 0 Å².